The minimum absolute atomic E-state index is 0.229. The van der Waals surface area contributed by atoms with Gasteiger partial charge in [-0.25, -0.2) is 0 Å². The fraction of sp³-hybridized carbons (Fsp3) is 0.444. The molecule has 0 rings (SSSR count). The summed E-state index contributed by atoms with van der Waals surface area (Å²) in [5.74, 6) is -0.732. The SMILES string of the molecule is C#CC(N)=O.N[C@@H](CSSC[C@H](N)C(=O)O)C(=O)O. The molecule has 0 spiro atoms. The summed E-state index contributed by atoms with van der Waals surface area (Å²) in [5.41, 5.74) is 14.8. The van der Waals surface area contributed by atoms with Gasteiger partial charge in [-0.3, -0.25) is 14.4 Å². The number of carboxylic acid groups (broad SMARTS) is 2. The Morgan fingerprint density at radius 3 is 1.47 bits per heavy atom. The predicted molar refractivity (Wildman–Crippen MR) is 74.2 cm³/mol. The average Bonchev–Trinajstić information content (AvgIpc) is 2.34. The van der Waals surface area contributed by atoms with Gasteiger partial charge in [0, 0.05) is 11.5 Å². The highest BCUT2D eigenvalue weighted by Gasteiger charge is 2.14. The third-order valence-electron chi connectivity index (χ3n) is 1.36. The third-order valence-corrected chi connectivity index (χ3v) is 3.83. The van der Waals surface area contributed by atoms with Gasteiger partial charge in [0.2, 0.25) is 0 Å². The molecule has 0 saturated heterocycles. The maximum atomic E-state index is 10.3. The summed E-state index contributed by atoms with van der Waals surface area (Å²) in [6.07, 6.45) is 4.45. The fourth-order valence-corrected chi connectivity index (χ4v) is 2.61. The van der Waals surface area contributed by atoms with Crippen LogP contribution in [0.2, 0.25) is 0 Å². The molecule has 0 aliphatic carbocycles. The fourth-order valence-electron chi connectivity index (χ4n) is 0.385. The van der Waals surface area contributed by atoms with Crippen molar-refractivity contribution in [2.45, 2.75) is 12.1 Å². The van der Waals surface area contributed by atoms with Crippen LogP contribution in [-0.4, -0.2) is 51.6 Å². The quantitative estimate of drug-likeness (QED) is 0.209. The van der Waals surface area contributed by atoms with Crippen LogP contribution >= 0.6 is 21.6 Å². The summed E-state index contributed by atoms with van der Waals surface area (Å²) in [6.45, 7) is 0. The molecule has 2 atom stereocenters. The number of hydrogen-bond donors (Lipinski definition) is 5. The van der Waals surface area contributed by atoms with Crippen molar-refractivity contribution >= 4 is 39.4 Å². The van der Waals surface area contributed by atoms with Crippen molar-refractivity contribution in [2.75, 3.05) is 11.5 Å². The molecule has 1 amide bonds. The minimum Gasteiger partial charge on any atom is -0.480 e. The summed E-state index contributed by atoms with van der Waals surface area (Å²) < 4.78 is 0. The Hall–Kier alpha value is -1.41. The monoisotopic (exact) mass is 309 g/mol. The molecule has 0 fully saturated rings. The molecular formula is C9H15N3O5S2. The van der Waals surface area contributed by atoms with E-state index < -0.39 is 29.9 Å². The van der Waals surface area contributed by atoms with Gasteiger partial charge in [0.1, 0.15) is 12.1 Å². The summed E-state index contributed by atoms with van der Waals surface area (Å²) in [7, 11) is 2.41. The molecule has 10 heteroatoms. The molecule has 0 heterocycles. The van der Waals surface area contributed by atoms with E-state index >= 15 is 0 Å². The van der Waals surface area contributed by atoms with E-state index in [0.717, 1.165) is 0 Å². The maximum absolute atomic E-state index is 10.3. The normalized spacial score (nSPS) is 12.3. The van der Waals surface area contributed by atoms with E-state index in [0.29, 0.717) is 0 Å². The van der Waals surface area contributed by atoms with Gasteiger partial charge in [0.05, 0.1) is 0 Å². The number of nitrogens with two attached hydrogens (primary N) is 3. The zero-order valence-electron chi connectivity index (χ0n) is 9.81. The van der Waals surface area contributed by atoms with Crippen molar-refractivity contribution in [3.63, 3.8) is 0 Å². The van der Waals surface area contributed by atoms with Crippen LogP contribution in [0.4, 0.5) is 0 Å². The lowest BCUT2D eigenvalue weighted by atomic mass is 10.4. The number of terminal acetylenes is 1. The van der Waals surface area contributed by atoms with Crippen molar-refractivity contribution in [2.24, 2.45) is 17.2 Å². The van der Waals surface area contributed by atoms with E-state index in [-0.39, 0.29) is 11.5 Å². The number of carbonyl (C=O) groups is 3. The molecule has 0 radical (unpaired) electrons. The van der Waals surface area contributed by atoms with Crippen LogP contribution in [0.5, 0.6) is 0 Å². The van der Waals surface area contributed by atoms with Gasteiger partial charge in [-0.05, 0) is 5.92 Å². The van der Waals surface area contributed by atoms with Crippen molar-refractivity contribution in [1.82, 2.24) is 0 Å². The molecule has 0 saturated carbocycles. The van der Waals surface area contributed by atoms with Crippen LogP contribution in [0.15, 0.2) is 0 Å². The van der Waals surface area contributed by atoms with Crippen LogP contribution in [0.1, 0.15) is 0 Å². The number of aliphatic carboxylic acids is 2. The van der Waals surface area contributed by atoms with Crippen molar-refractivity contribution in [3.05, 3.63) is 0 Å². The van der Waals surface area contributed by atoms with Gasteiger partial charge in [0.25, 0.3) is 5.91 Å². The van der Waals surface area contributed by atoms with E-state index in [1.807, 2.05) is 0 Å². The zero-order chi connectivity index (χ0) is 15.4. The summed E-state index contributed by atoms with van der Waals surface area (Å²) in [5, 5.41) is 16.8. The average molecular weight is 309 g/mol. The smallest absolute Gasteiger partial charge is 0.321 e. The number of rotatable bonds is 7. The number of primary amides is 1. The molecular weight excluding hydrogens is 294 g/mol. The van der Waals surface area contributed by atoms with Crippen molar-refractivity contribution < 1.29 is 24.6 Å². The highest BCUT2D eigenvalue weighted by atomic mass is 33.1. The number of hydrogen-bond acceptors (Lipinski definition) is 7. The number of carboxylic acids is 2. The highest BCUT2D eigenvalue weighted by Crippen LogP contribution is 2.22. The minimum atomic E-state index is -1.07. The predicted octanol–water partition coefficient (Wildman–Crippen LogP) is -1.70. The van der Waals surface area contributed by atoms with Crippen molar-refractivity contribution in [1.29, 1.82) is 0 Å². The van der Waals surface area contributed by atoms with E-state index in [1.165, 1.54) is 21.6 Å². The molecule has 108 valence electrons. The Kier molecular flexibility index (Phi) is 12.2. The molecule has 19 heavy (non-hydrogen) atoms. The van der Waals surface area contributed by atoms with Crippen LogP contribution in [0, 0.1) is 12.3 Å². The standard InChI is InChI=1S/C6H12N2O4S2.C3H3NO/c7-3(5(9)10)1-13-14-2-4(8)6(11)12;1-2-3(4)5/h3-4H,1-2,7-8H2,(H,9,10)(H,11,12);1H,(H2,4,5)/t3-,4-;/m0./s1. The molecule has 0 aromatic carbocycles. The summed E-state index contributed by atoms with van der Waals surface area (Å²) in [6, 6.07) is -1.85. The van der Waals surface area contributed by atoms with E-state index in [4.69, 9.17) is 21.7 Å². The Morgan fingerprint density at radius 1 is 1.05 bits per heavy atom. The van der Waals surface area contributed by atoms with Gasteiger partial charge < -0.3 is 27.4 Å². The lowest BCUT2D eigenvalue weighted by Crippen LogP contribution is -2.33. The van der Waals surface area contributed by atoms with Crippen LogP contribution in [-0.2, 0) is 14.4 Å². The topological polar surface area (TPSA) is 170 Å². The first kappa shape index (κ1) is 19.9. The largest absolute Gasteiger partial charge is 0.480 e. The van der Waals surface area contributed by atoms with Gasteiger partial charge in [-0.2, -0.15) is 0 Å². The van der Waals surface area contributed by atoms with Gasteiger partial charge in [-0.1, -0.05) is 21.6 Å². The summed E-state index contributed by atoms with van der Waals surface area (Å²) >= 11 is 0. The number of carbonyl (C=O) groups excluding carboxylic acids is 1. The van der Waals surface area contributed by atoms with Gasteiger partial charge in [0.15, 0.2) is 0 Å². The molecule has 8 nitrogen and oxygen atoms in total. The second kappa shape index (κ2) is 11.7. The lowest BCUT2D eigenvalue weighted by Gasteiger charge is -2.07. The van der Waals surface area contributed by atoms with E-state index in [9.17, 15) is 14.4 Å². The Balaban J connectivity index is 0. The van der Waals surface area contributed by atoms with Crippen LogP contribution in [0.3, 0.4) is 0 Å². The maximum Gasteiger partial charge on any atom is 0.321 e. The number of amides is 1. The lowest BCUT2D eigenvalue weighted by molar-refractivity contribution is -0.138. The molecule has 0 unspecified atom stereocenters. The van der Waals surface area contributed by atoms with E-state index in [2.05, 4.69) is 12.2 Å². The Morgan fingerprint density at radius 2 is 1.32 bits per heavy atom. The van der Waals surface area contributed by atoms with Crippen LogP contribution < -0.4 is 17.2 Å². The first-order valence-electron chi connectivity index (χ1n) is 4.69. The van der Waals surface area contributed by atoms with Crippen LogP contribution in [0.25, 0.3) is 0 Å². The molecule has 0 aromatic rings. The van der Waals surface area contributed by atoms with Crippen molar-refractivity contribution in [3.8, 4) is 12.3 Å². The second-order valence-corrected chi connectivity index (χ2v) is 5.52. The Labute approximate surface area is 117 Å². The zero-order valence-corrected chi connectivity index (χ0v) is 11.4. The van der Waals surface area contributed by atoms with E-state index in [1.54, 1.807) is 5.92 Å². The van der Waals surface area contributed by atoms with Gasteiger partial charge >= 0.3 is 11.9 Å². The third kappa shape index (κ3) is 14.5. The molecule has 0 aliphatic rings. The summed E-state index contributed by atoms with van der Waals surface area (Å²) in [4.78, 5) is 29.9. The first-order valence-corrected chi connectivity index (χ1v) is 7.18. The molecule has 0 aromatic heterocycles. The highest BCUT2D eigenvalue weighted by molar-refractivity contribution is 8.76. The van der Waals surface area contributed by atoms with Gasteiger partial charge in [-0.15, -0.1) is 6.42 Å². The molecule has 0 aliphatic heterocycles. The second-order valence-electron chi connectivity index (χ2n) is 2.97. The molecule has 8 N–H and O–H groups in total. The Bertz CT molecular complexity index is 336. The molecule has 0 bridgehead atoms. The first-order chi connectivity index (χ1) is 8.72.